The van der Waals surface area contributed by atoms with Gasteiger partial charge >= 0.3 is 0 Å². The van der Waals surface area contributed by atoms with Crippen LogP contribution in [0, 0.1) is 11.8 Å². The lowest BCUT2D eigenvalue weighted by Gasteiger charge is -2.33. The van der Waals surface area contributed by atoms with Crippen molar-refractivity contribution in [2.24, 2.45) is 17.6 Å². The predicted octanol–water partition coefficient (Wildman–Crippen LogP) is 2.06. The maximum atomic E-state index is 13.1. The Labute approximate surface area is 158 Å². The summed E-state index contributed by atoms with van der Waals surface area (Å²) in [6, 6.07) is -0.563. The molecule has 0 aromatic rings. The fourth-order valence-corrected chi connectivity index (χ4v) is 3.99. The summed E-state index contributed by atoms with van der Waals surface area (Å²) in [7, 11) is 0. The number of hydrogen-bond donors (Lipinski definition) is 2. The number of ether oxygens (including phenoxy) is 1. The second-order valence-electron chi connectivity index (χ2n) is 8.25. The molecule has 2 fully saturated rings. The zero-order valence-electron chi connectivity index (χ0n) is 16.7. The summed E-state index contributed by atoms with van der Waals surface area (Å²) < 4.78 is 6.08. The molecule has 150 valence electrons. The van der Waals surface area contributed by atoms with Crippen LogP contribution in [-0.4, -0.2) is 54.6 Å². The minimum atomic E-state index is -0.638. The van der Waals surface area contributed by atoms with E-state index in [4.69, 9.17) is 10.5 Å². The standard InChI is InChI=1S/C20H37N3O3/c1-14(2)19(24)22-18(20(25)23-11-7-10-17(23)12-21)15(3)26-13-16-8-5-4-6-9-16/h14-18H,4-13,21H2,1-3H3,(H,22,24). The molecular weight excluding hydrogens is 330 g/mol. The van der Waals surface area contributed by atoms with Gasteiger partial charge in [0.2, 0.25) is 11.8 Å². The number of rotatable bonds is 8. The zero-order chi connectivity index (χ0) is 19.1. The van der Waals surface area contributed by atoms with E-state index in [1.54, 1.807) is 0 Å². The first-order valence-corrected chi connectivity index (χ1v) is 10.4. The van der Waals surface area contributed by atoms with Crippen LogP contribution >= 0.6 is 0 Å². The fraction of sp³-hybridized carbons (Fsp3) is 0.900. The van der Waals surface area contributed by atoms with Crippen LogP contribution in [0.2, 0.25) is 0 Å². The maximum Gasteiger partial charge on any atom is 0.248 e. The first kappa shape index (κ1) is 21.2. The minimum Gasteiger partial charge on any atom is -0.376 e. The van der Waals surface area contributed by atoms with Crippen LogP contribution < -0.4 is 11.1 Å². The Morgan fingerprint density at radius 2 is 1.81 bits per heavy atom. The molecule has 0 bridgehead atoms. The molecule has 3 N–H and O–H groups in total. The number of nitrogens with two attached hydrogens (primary N) is 1. The van der Waals surface area contributed by atoms with Crippen LogP contribution in [0.1, 0.15) is 65.7 Å². The molecule has 3 unspecified atom stereocenters. The van der Waals surface area contributed by atoms with Crippen molar-refractivity contribution in [2.45, 2.75) is 83.9 Å². The molecule has 2 rings (SSSR count). The minimum absolute atomic E-state index is 0.0527. The summed E-state index contributed by atoms with van der Waals surface area (Å²) in [6.45, 7) is 7.42. The second kappa shape index (κ2) is 10.3. The second-order valence-corrected chi connectivity index (χ2v) is 8.25. The van der Waals surface area contributed by atoms with Gasteiger partial charge in [0, 0.05) is 31.7 Å². The molecule has 1 aliphatic carbocycles. The topological polar surface area (TPSA) is 84.7 Å². The Morgan fingerprint density at radius 1 is 1.12 bits per heavy atom. The average Bonchev–Trinajstić information content (AvgIpc) is 3.13. The van der Waals surface area contributed by atoms with Crippen molar-refractivity contribution in [3.63, 3.8) is 0 Å². The van der Waals surface area contributed by atoms with Crippen LogP contribution in [-0.2, 0) is 14.3 Å². The average molecular weight is 368 g/mol. The van der Waals surface area contributed by atoms with Crippen molar-refractivity contribution in [3.05, 3.63) is 0 Å². The number of carbonyl (C=O) groups excluding carboxylic acids is 2. The van der Waals surface area contributed by atoms with Crippen LogP contribution in [0.25, 0.3) is 0 Å². The molecule has 1 heterocycles. The van der Waals surface area contributed by atoms with E-state index in [-0.39, 0.29) is 29.9 Å². The van der Waals surface area contributed by atoms with E-state index in [0.717, 1.165) is 12.8 Å². The van der Waals surface area contributed by atoms with Crippen molar-refractivity contribution in [1.29, 1.82) is 0 Å². The van der Waals surface area contributed by atoms with Crippen molar-refractivity contribution in [1.82, 2.24) is 10.2 Å². The molecule has 6 heteroatoms. The fourth-order valence-electron chi connectivity index (χ4n) is 3.99. The molecule has 6 nitrogen and oxygen atoms in total. The summed E-state index contributed by atoms with van der Waals surface area (Å²) in [5.41, 5.74) is 5.83. The Hall–Kier alpha value is -1.14. The Balaban J connectivity index is 2.01. The molecule has 26 heavy (non-hydrogen) atoms. The predicted molar refractivity (Wildman–Crippen MR) is 103 cm³/mol. The molecular formula is C20H37N3O3. The van der Waals surface area contributed by atoms with Crippen molar-refractivity contribution >= 4 is 11.8 Å². The highest BCUT2D eigenvalue weighted by molar-refractivity contribution is 5.89. The highest BCUT2D eigenvalue weighted by atomic mass is 16.5. The molecule has 1 saturated carbocycles. The van der Waals surface area contributed by atoms with E-state index in [2.05, 4.69) is 5.32 Å². The maximum absolute atomic E-state index is 13.1. The number of hydrogen-bond acceptors (Lipinski definition) is 4. The third-order valence-electron chi connectivity index (χ3n) is 5.81. The lowest BCUT2D eigenvalue weighted by molar-refractivity contribution is -0.142. The summed E-state index contributed by atoms with van der Waals surface area (Å²) >= 11 is 0. The summed E-state index contributed by atoms with van der Waals surface area (Å²) in [5.74, 6) is 0.245. The number of nitrogens with one attached hydrogen (secondary N) is 1. The van der Waals surface area contributed by atoms with E-state index in [1.807, 2.05) is 25.7 Å². The van der Waals surface area contributed by atoms with Gasteiger partial charge in [-0.1, -0.05) is 33.1 Å². The first-order chi connectivity index (χ1) is 12.4. The summed E-state index contributed by atoms with van der Waals surface area (Å²) in [5, 5.41) is 2.93. The summed E-state index contributed by atoms with van der Waals surface area (Å²) in [4.78, 5) is 27.3. The lowest BCUT2D eigenvalue weighted by atomic mass is 9.90. The molecule has 2 aliphatic rings. The van der Waals surface area contributed by atoms with Crippen molar-refractivity contribution in [3.8, 4) is 0 Å². The van der Waals surface area contributed by atoms with Gasteiger partial charge in [0.05, 0.1) is 6.10 Å². The van der Waals surface area contributed by atoms with Gasteiger partial charge in [-0.2, -0.15) is 0 Å². The SMILES string of the molecule is CC(C)C(=O)NC(C(=O)N1CCCC1CN)C(C)OCC1CCCCC1. The first-order valence-electron chi connectivity index (χ1n) is 10.4. The quantitative estimate of drug-likeness (QED) is 0.688. The van der Waals surface area contributed by atoms with Gasteiger partial charge < -0.3 is 20.7 Å². The number of amides is 2. The molecule has 1 aliphatic heterocycles. The van der Waals surface area contributed by atoms with Gasteiger partial charge in [0.15, 0.2) is 0 Å². The third kappa shape index (κ3) is 5.68. The molecule has 0 aromatic heterocycles. The summed E-state index contributed by atoms with van der Waals surface area (Å²) in [6.07, 6.45) is 7.80. The normalized spacial score (nSPS) is 23.9. The lowest BCUT2D eigenvalue weighted by Crippen LogP contribution is -2.57. The van der Waals surface area contributed by atoms with Gasteiger partial charge in [0.25, 0.3) is 0 Å². The largest absolute Gasteiger partial charge is 0.376 e. The van der Waals surface area contributed by atoms with Crippen molar-refractivity contribution in [2.75, 3.05) is 19.7 Å². The van der Waals surface area contributed by atoms with Crippen molar-refractivity contribution < 1.29 is 14.3 Å². The monoisotopic (exact) mass is 367 g/mol. The van der Waals surface area contributed by atoms with Gasteiger partial charge in [-0.15, -0.1) is 0 Å². The number of nitrogens with zero attached hydrogens (tertiary/aromatic N) is 1. The molecule has 2 amide bonds. The molecule has 3 atom stereocenters. The zero-order valence-corrected chi connectivity index (χ0v) is 16.7. The molecule has 0 radical (unpaired) electrons. The van der Waals surface area contributed by atoms with E-state index in [0.29, 0.717) is 25.6 Å². The molecule has 0 aromatic carbocycles. The van der Waals surface area contributed by atoms with E-state index >= 15 is 0 Å². The van der Waals surface area contributed by atoms with E-state index in [1.165, 1.54) is 32.1 Å². The number of carbonyl (C=O) groups is 2. The van der Waals surface area contributed by atoms with Gasteiger partial charge in [-0.3, -0.25) is 9.59 Å². The highest BCUT2D eigenvalue weighted by Crippen LogP contribution is 2.25. The van der Waals surface area contributed by atoms with Crippen LogP contribution in [0.15, 0.2) is 0 Å². The smallest absolute Gasteiger partial charge is 0.248 e. The van der Waals surface area contributed by atoms with Gasteiger partial charge in [-0.05, 0) is 38.5 Å². The Morgan fingerprint density at radius 3 is 2.42 bits per heavy atom. The van der Waals surface area contributed by atoms with E-state index < -0.39 is 6.04 Å². The van der Waals surface area contributed by atoms with Crippen LogP contribution in [0.4, 0.5) is 0 Å². The Bertz CT molecular complexity index is 463. The Kier molecular flexibility index (Phi) is 8.35. The number of likely N-dealkylation sites (tertiary alicyclic amines) is 1. The third-order valence-corrected chi connectivity index (χ3v) is 5.81. The van der Waals surface area contributed by atoms with Crippen LogP contribution in [0.3, 0.4) is 0 Å². The molecule has 0 spiro atoms. The highest BCUT2D eigenvalue weighted by Gasteiger charge is 2.36. The van der Waals surface area contributed by atoms with Crippen LogP contribution in [0.5, 0.6) is 0 Å². The van der Waals surface area contributed by atoms with Gasteiger partial charge in [0.1, 0.15) is 6.04 Å². The molecule has 1 saturated heterocycles. The van der Waals surface area contributed by atoms with E-state index in [9.17, 15) is 9.59 Å². The van der Waals surface area contributed by atoms with Gasteiger partial charge in [-0.25, -0.2) is 0 Å².